The molecule has 1 atom stereocenters. The number of likely N-dealkylation sites (N-methyl/N-ethyl adjacent to an activating group) is 1. The SMILES string of the molecule is CCC(CN(C)C(=O)c1ccc(N2CCC(NC(C)=O)(c3ccccc3)CC2)cc1)c1ccc(Cl)c(Cl)c1.O=C(O)CCC(=O)O. The Kier molecular flexibility index (Phi) is 13.5. The quantitative estimate of drug-likeness (QED) is 0.204. The molecule has 0 saturated carbocycles. The summed E-state index contributed by atoms with van der Waals surface area (Å²) >= 11 is 12.3. The molecule has 1 unspecified atom stereocenters. The van der Waals surface area contributed by atoms with Gasteiger partial charge < -0.3 is 25.3 Å². The predicted octanol–water partition coefficient (Wildman–Crippen LogP) is 6.83. The number of halogens is 2. The molecule has 9 nitrogen and oxygen atoms in total. The number of carbonyl (C=O) groups excluding carboxylic acids is 2. The van der Waals surface area contributed by atoms with Crippen molar-refractivity contribution in [3.05, 3.63) is 99.5 Å². The van der Waals surface area contributed by atoms with E-state index >= 15 is 0 Å². The standard InChI is InChI=1S/C31H35Cl2N3O2.C4H6O4/c1-4-23(25-12-15-28(32)29(33)20-25)21-35(3)30(38)24-10-13-27(14-11-24)36-18-16-31(17-19-36,34-22(2)37)26-8-6-5-7-9-26;5-3(6)1-2-4(7)8/h5-15,20,23H,4,16-19,21H2,1-3H3,(H,34,37);1-2H2,(H,5,6)(H,7,8). The van der Waals surface area contributed by atoms with E-state index in [-0.39, 0.29) is 36.1 Å². The van der Waals surface area contributed by atoms with Crippen molar-refractivity contribution >= 4 is 52.6 Å². The molecule has 3 aromatic carbocycles. The summed E-state index contributed by atoms with van der Waals surface area (Å²) in [6, 6.07) is 23.7. The highest BCUT2D eigenvalue weighted by Crippen LogP contribution is 2.35. The summed E-state index contributed by atoms with van der Waals surface area (Å²) in [4.78, 5) is 48.6. The average Bonchev–Trinajstić information content (AvgIpc) is 3.04. The van der Waals surface area contributed by atoms with Crippen LogP contribution < -0.4 is 10.2 Å². The fourth-order valence-electron chi connectivity index (χ4n) is 5.63. The second kappa shape index (κ2) is 17.0. The largest absolute Gasteiger partial charge is 0.481 e. The lowest BCUT2D eigenvalue weighted by molar-refractivity contribution is -0.143. The number of carboxylic acid groups (broad SMARTS) is 2. The van der Waals surface area contributed by atoms with E-state index < -0.39 is 11.9 Å². The molecule has 1 fully saturated rings. The van der Waals surface area contributed by atoms with Crippen LogP contribution in [0.1, 0.15) is 73.4 Å². The third kappa shape index (κ3) is 10.2. The smallest absolute Gasteiger partial charge is 0.303 e. The van der Waals surface area contributed by atoms with Gasteiger partial charge in [-0.2, -0.15) is 0 Å². The number of rotatable bonds is 11. The van der Waals surface area contributed by atoms with Gasteiger partial charge in [-0.3, -0.25) is 19.2 Å². The number of carboxylic acids is 2. The summed E-state index contributed by atoms with van der Waals surface area (Å²) in [5.74, 6) is -2.01. The van der Waals surface area contributed by atoms with Gasteiger partial charge >= 0.3 is 11.9 Å². The fourth-order valence-corrected chi connectivity index (χ4v) is 5.93. The Labute approximate surface area is 280 Å². The summed E-state index contributed by atoms with van der Waals surface area (Å²) in [6.07, 6.45) is 1.91. The molecule has 1 aliphatic rings. The number of hydrogen-bond acceptors (Lipinski definition) is 5. The van der Waals surface area contributed by atoms with Crippen molar-refractivity contribution in [1.29, 1.82) is 0 Å². The molecule has 46 heavy (non-hydrogen) atoms. The van der Waals surface area contributed by atoms with Gasteiger partial charge in [0.2, 0.25) is 5.91 Å². The summed E-state index contributed by atoms with van der Waals surface area (Å²) in [5, 5.41) is 20.1. The van der Waals surface area contributed by atoms with Gasteiger partial charge in [0.05, 0.1) is 28.4 Å². The van der Waals surface area contributed by atoms with Gasteiger partial charge in [0.1, 0.15) is 0 Å². The number of nitrogens with zero attached hydrogens (tertiary/aromatic N) is 2. The normalized spacial score (nSPS) is 14.3. The first-order valence-corrected chi connectivity index (χ1v) is 15.9. The van der Waals surface area contributed by atoms with Crippen LogP contribution in [0.15, 0.2) is 72.8 Å². The van der Waals surface area contributed by atoms with E-state index in [0.29, 0.717) is 22.2 Å². The van der Waals surface area contributed by atoms with E-state index in [0.717, 1.165) is 49.2 Å². The summed E-state index contributed by atoms with van der Waals surface area (Å²) in [7, 11) is 1.84. The molecule has 0 aliphatic carbocycles. The topological polar surface area (TPSA) is 127 Å². The van der Waals surface area contributed by atoms with Crippen molar-refractivity contribution in [2.24, 2.45) is 0 Å². The lowest BCUT2D eigenvalue weighted by Crippen LogP contribution is -2.52. The van der Waals surface area contributed by atoms with Crippen molar-refractivity contribution in [1.82, 2.24) is 10.2 Å². The molecule has 3 aromatic rings. The second-order valence-corrected chi connectivity index (χ2v) is 12.2. The zero-order valence-electron chi connectivity index (χ0n) is 26.3. The molecule has 3 N–H and O–H groups in total. The number of carbonyl (C=O) groups is 4. The maximum absolute atomic E-state index is 13.2. The third-order valence-electron chi connectivity index (χ3n) is 8.14. The van der Waals surface area contributed by atoms with Crippen LogP contribution in [0, 0.1) is 0 Å². The molecule has 1 aliphatic heterocycles. The lowest BCUT2D eigenvalue weighted by atomic mass is 9.80. The Hall–Kier alpha value is -4.08. The summed E-state index contributed by atoms with van der Waals surface area (Å²) in [6.45, 7) is 5.90. The number of aliphatic carboxylic acids is 2. The summed E-state index contributed by atoms with van der Waals surface area (Å²) < 4.78 is 0. The highest BCUT2D eigenvalue weighted by atomic mass is 35.5. The van der Waals surface area contributed by atoms with Crippen LogP contribution >= 0.6 is 23.2 Å². The number of piperidine rings is 1. The highest BCUT2D eigenvalue weighted by Gasteiger charge is 2.37. The van der Waals surface area contributed by atoms with E-state index in [1.807, 2.05) is 67.7 Å². The molecule has 11 heteroatoms. The van der Waals surface area contributed by atoms with Crippen molar-refractivity contribution in [3.8, 4) is 0 Å². The van der Waals surface area contributed by atoms with Gasteiger partial charge in [-0.25, -0.2) is 0 Å². The second-order valence-electron chi connectivity index (χ2n) is 11.4. The number of nitrogens with one attached hydrogen (secondary N) is 1. The Bertz CT molecular complexity index is 1480. The van der Waals surface area contributed by atoms with E-state index in [9.17, 15) is 19.2 Å². The van der Waals surface area contributed by atoms with Gasteiger partial charge in [0.15, 0.2) is 0 Å². The molecule has 0 bridgehead atoms. The van der Waals surface area contributed by atoms with E-state index in [2.05, 4.69) is 29.3 Å². The molecule has 0 aromatic heterocycles. The van der Waals surface area contributed by atoms with Crippen LogP contribution in [0.3, 0.4) is 0 Å². The molecular weight excluding hydrogens is 629 g/mol. The average molecular weight is 671 g/mol. The molecule has 0 radical (unpaired) electrons. The van der Waals surface area contributed by atoms with Gasteiger partial charge in [-0.05, 0) is 66.8 Å². The Morgan fingerprint density at radius 1 is 0.891 bits per heavy atom. The van der Waals surface area contributed by atoms with Gasteiger partial charge in [-0.15, -0.1) is 0 Å². The Morgan fingerprint density at radius 2 is 1.48 bits per heavy atom. The van der Waals surface area contributed by atoms with Crippen LogP contribution in [-0.4, -0.2) is 65.5 Å². The molecule has 1 saturated heterocycles. The number of anilines is 1. The van der Waals surface area contributed by atoms with Gasteiger partial charge in [0, 0.05) is 50.8 Å². The Balaban J connectivity index is 0.000000637. The fraction of sp³-hybridized carbons (Fsp3) is 0.371. The van der Waals surface area contributed by atoms with Crippen molar-refractivity contribution in [3.63, 3.8) is 0 Å². The van der Waals surface area contributed by atoms with Crippen molar-refractivity contribution in [2.75, 3.05) is 31.6 Å². The summed E-state index contributed by atoms with van der Waals surface area (Å²) in [5.41, 5.74) is 3.61. The van der Waals surface area contributed by atoms with E-state index in [1.165, 1.54) is 0 Å². The minimum Gasteiger partial charge on any atom is -0.481 e. The molecule has 246 valence electrons. The van der Waals surface area contributed by atoms with Gasteiger partial charge in [-0.1, -0.05) is 66.5 Å². The van der Waals surface area contributed by atoms with Crippen molar-refractivity contribution in [2.45, 2.75) is 57.4 Å². The predicted molar refractivity (Wildman–Crippen MR) is 181 cm³/mol. The monoisotopic (exact) mass is 669 g/mol. The van der Waals surface area contributed by atoms with Crippen LogP contribution in [0.2, 0.25) is 10.0 Å². The highest BCUT2D eigenvalue weighted by molar-refractivity contribution is 6.42. The number of amides is 2. The molecule has 4 rings (SSSR count). The van der Waals surface area contributed by atoms with Crippen LogP contribution in [-0.2, 0) is 19.9 Å². The zero-order valence-corrected chi connectivity index (χ0v) is 27.9. The first kappa shape index (κ1) is 36.4. The molecule has 1 heterocycles. The zero-order chi connectivity index (χ0) is 33.9. The minimum atomic E-state index is -1.08. The first-order valence-electron chi connectivity index (χ1n) is 15.2. The van der Waals surface area contributed by atoms with Crippen LogP contribution in [0.5, 0.6) is 0 Å². The number of benzene rings is 3. The van der Waals surface area contributed by atoms with Crippen molar-refractivity contribution < 1.29 is 29.4 Å². The number of hydrogen-bond donors (Lipinski definition) is 3. The van der Waals surface area contributed by atoms with Crippen LogP contribution in [0.25, 0.3) is 0 Å². The van der Waals surface area contributed by atoms with Crippen LogP contribution in [0.4, 0.5) is 5.69 Å². The first-order chi connectivity index (χ1) is 21.8. The van der Waals surface area contributed by atoms with E-state index in [1.54, 1.807) is 11.8 Å². The van der Waals surface area contributed by atoms with E-state index in [4.69, 9.17) is 33.4 Å². The molecule has 2 amide bonds. The van der Waals surface area contributed by atoms with Gasteiger partial charge in [0.25, 0.3) is 5.91 Å². The minimum absolute atomic E-state index is 0.0116. The Morgan fingerprint density at radius 3 is 1.98 bits per heavy atom. The maximum Gasteiger partial charge on any atom is 0.303 e. The maximum atomic E-state index is 13.2. The molecular formula is C35H41Cl2N3O6. The lowest BCUT2D eigenvalue weighted by Gasteiger charge is -2.43. The molecule has 0 spiro atoms. The third-order valence-corrected chi connectivity index (χ3v) is 8.88.